The van der Waals surface area contributed by atoms with Gasteiger partial charge in [0.15, 0.2) is 0 Å². The molecule has 1 amide bonds. The summed E-state index contributed by atoms with van der Waals surface area (Å²) in [5.41, 5.74) is 3.38. The second-order valence-electron chi connectivity index (χ2n) is 6.49. The molecule has 0 aliphatic carbocycles. The lowest BCUT2D eigenvalue weighted by molar-refractivity contribution is 0.0724. The molecule has 1 aliphatic rings. The van der Waals surface area contributed by atoms with Crippen molar-refractivity contribution in [2.75, 3.05) is 13.1 Å². The fraction of sp³-hybridized carbons (Fsp3) is 0.316. The average molecular weight is 355 g/mol. The van der Waals surface area contributed by atoms with E-state index in [-0.39, 0.29) is 5.91 Å². The molecule has 0 N–H and O–H groups in total. The highest BCUT2D eigenvalue weighted by Gasteiger charge is 2.20. The van der Waals surface area contributed by atoms with Crippen LogP contribution in [0.3, 0.4) is 0 Å². The third-order valence-electron chi connectivity index (χ3n) is 4.70. The van der Waals surface area contributed by atoms with Crippen LogP contribution in [0.25, 0.3) is 16.7 Å². The second kappa shape index (κ2) is 6.48. The smallest absolute Gasteiger partial charge is 0.255 e. The first kappa shape index (κ1) is 16.1. The predicted octanol–water partition coefficient (Wildman–Crippen LogP) is 4.01. The number of likely N-dealkylation sites (tertiary alicyclic amines) is 1. The molecule has 0 saturated carbocycles. The van der Waals surface area contributed by atoms with Gasteiger partial charge in [-0.15, -0.1) is 0 Å². The topological polar surface area (TPSA) is 51.0 Å². The first-order valence-corrected chi connectivity index (χ1v) is 8.89. The summed E-state index contributed by atoms with van der Waals surface area (Å²) >= 11 is 6.06. The maximum atomic E-state index is 12.7. The minimum Gasteiger partial charge on any atom is -0.339 e. The number of carbonyl (C=O) groups excluding carboxylic acids is 1. The van der Waals surface area contributed by atoms with Crippen LogP contribution in [0.4, 0.5) is 0 Å². The number of carbonyl (C=O) groups is 1. The van der Waals surface area contributed by atoms with Crippen LogP contribution in [0.2, 0.25) is 5.02 Å². The highest BCUT2D eigenvalue weighted by Crippen LogP contribution is 2.25. The number of halogens is 1. The highest BCUT2D eigenvalue weighted by atomic mass is 35.5. The monoisotopic (exact) mass is 354 g/mol. The summed E-state index contributed by atoms with van der Waals surface area (Å²) in [6, 6.07) is 3.80. The van der Waals surface area contributed by atoms with E-state index in [0.717, 1.165) is 48.2 Å². The van der Waals surface area contributed by atoms with Crippen molar-refractivity contribution in [1.29, 1.82) is 0 Å². The zero-order chi connectivity index (χ0) is 17.4. The number of hydrogen-bond donors (Lipinski definition) is 0. The van der Waals surface area contributed by atoms with Gasteiger partial charge in [-0.1, -0.05) is 11.6 Å². The third kappa shape index (κ3) is 3.00. The van der Waals surface area contributed by atoms with Crippen LogP contribution in [-0.2, 0) is 0 Å². The van der Waals surface area contributed by atoms with Crippen LogP contribution < -0.4 is 0 Å². The molecule has 0 spiro atoms. The van der Waals surface area contributed by atoms with E-state index < -0.39 is 0 Å². The van der Waals surface area contributed by atoms with E-state index in [4.69, 9.17) is 11.6 Å². The number of rotatable bonds is 2. The molecule has 3 aromatic heterocycles. The molecule has 128 valence electrons. The number of amides is 1. The largest absolute Gasteiger partial charge is 0.339 e. The van der Waals surface area contributed by atoms with E-state index in [0.29, 0.717) is 10.6 Å². The molecule has 0 bridgehead atoms. The van der Waals surface area contributed by atoms with Crippen molar-refractivity contribution in [3.63, 3.8) is 0 Å². The number of nitrogens with zero attached hydrogens (tertiary/aromatic N) is 4. The molecule has 1 saturated heterocycles. The Morgan fingerprint density at radius 1 is 1.12 bits per heavy atom. The highest BCUT2D eigenvalue weighted by molar-refractivity contribution is 6.30. The molecule has 6 heteroatoms. The Hall–Kier alpha value is -2.40. The van der Waals surface area contributed by atoms with E-state index >= 15 is 0 Å². The second-order valence-corrected chi connectivity index (χ2v) is 6.93. The predicted molar refractivity (Wildman–Crippen MR) is 98.4 cm³/mol. The van der Waals surface area contributed by atoms with E-state index in [1.54, 1.807) is 18.6 Å². The van der Waals surface area contributed by atoms with Crippen LogP contribution in [0, 0.1) is 6.92 Å². The summed E-state index contributed by atoms with van der Waals surface area (Å²) in [6.45, 7) is 3.70. The Bertz CT molecular complexity index is 944. The molecule has 0 aromatic carbocycles. The summed E-state index contributed by atoms with van der Waals surface area (Å²) in [6.07, 6.45) is 10.4. The fourth-order valence-electron chi connectivity index (χ4n) is 3.39. The van der Waals surface area contributed by atoms with E-state index in [1.165, 1.54) is 6.42 Å². The summed E-state index contributed by atoms with van der Waals surface area (Å²) in [7, 11) is 0. The quantitative estimate of drug-likeness (QED) is 0.698. The maximum Gasteiger partial charge on any atom is 0.255 e. The first-order chi connectivity index (χ1) is 12.1. The maximum absolute atomic E-state index is 12.7. The Balaban J connectivity index is 1.74. The zero-order valence-corrected chi connectivity index (χ0v) is 14.8. The van der Waals surface area contributed by atoms with Crippen molar-refractivity contribution in [3.05, 3.63) is 53.1 Å². The number of aromatic nitrogens is 3. The van der Waals surface area contributed by atoms with Gasteiger partial charge in [0.1, 0.15) is 5.65 Å². The lowest BCUT2D eigenvalue weighted by atomic mass is 10.1. The molecule has 0 radical (unpaired) electrons. The van der Waals surface area contributed by atoms with E-state index in [1.807, 2.05) is 34.7 Å². The van der Waals surface area contributed by atoms with Gasteiger partial charge in [-0.05, 0) is 43.9 Å². The average Bonchev–Trinajstić information content (AvgIpc) is 2.98. The van der Waals surface area contributed by atoms with Crippen LogP contribution >= 0.6 is 11.6 Å². The molecule has 0 unspecified atom stereocenters. The van der Waals surface area contributed by atoms with E-state index in [2.05, 4.69) is 9.97 Å². The van der Waals surface area contributed by atoms with Gasteiger partial charge in [0.2, 0.25) is 0 Å². The van der Waals surface area contributed by atoms with Crippen molar-refractivity contribution >= 4 is 28.5 Å². The lowest BCUT2D eigenvalue weighted by Crippen LogP contribution is -2.35. The first-order valence-electron chi connectivity index (χ1n) is 8.51. The van der Waals surface area contributed by atoms with Gasteiger partial charge in [0.25, 0.3) is 5.91 Å². The van der Waals surface area contributed by atoms with E-state index in [9.17, 15) is 4.79 Å². The van der Waals surface area contributed by atoms with Crippen molar-refractivity contribution < 1.29 is 4.79 Å². The molecule has 3 aromatic rings. The molecule has 4 rings (SSSR count). The number of hydrogen-bond acceptors (Lipinski definition) is 3. The van der Waals surface area contributed by atoms with Crippen molar-refractivity contribution in [2.24, 2.45) is 0 Å². The SMILES string of the molecule is Cc1cn(-c2cncc(Cl)c2)c2ncc(C(=O)N3CCCCC3)cc12. The Kier molecular flexibility index (Phi) is 4.17. The number of piperidine rings is 1. The molecule has 5 nitrogen and oxygen atoms in total. The normalized spacial score (nSPS) is 14.9. The Labute approximate surface area is 151 Å². The summed E-state index contributed by atoms with van der Waals surface area (Å²) in [5, 5.41) is 1.55. The summed E-state index contributed by atoms with van der Waals surface area (Å²) in [5.74, 6) is 0.0747. The summed E-state index contributed by atoms with van der Waals surface area (Å²) in [4.78, 5) is 23.4. The third-order valence-corrected chi connectivity index (χ3v) is 4.91. The molecule has 1 fully saturated rings. The van der Waals surface area contributed by atoms with Gasteiger partial charge in [-0.25, -0.2) is 4.98 Å². The van der Waals surface area contributed by atoms with Crippen molar-refractivity contribution in [1.82, 2.24) is 19.4 Å². The standard InChI is InChI=1S/C19H19ClN4O/c1-13-12-24(16-8-15(20)10-21-11-16)18-17(13)7-14(9-22-18)19(25)23-5-3-2-4-6-23/h7-12H,2-6H2,1H3. The van der Waals surface area contributed by atoms with Gasteiger partial charge in [-0.3, -0.25) is 14.3 Å². The molecular weight excluding hydrogens is 336 g/mol. The summed E-state index contributed by atoms with van der Waals surface area (Å²) < 4.78 is 1.96. The molecular formula is C19H19ClN4O. The number of fused-ring (bicyclic) bond motifs is 1. The molecule has 0 atom stereocenters. The van der Waals surface area contributed by atoms with Crippen LogP contribution in [0.5, 0.6) is 0 Å². The Morgan fingerprint density at radius 3 is 2.68 bits per heavy atom. The van der Waals surface area contributed by atoms with Crippen LogP contribution in [-0.4, -0.2) is 38.4 Å². The molecule has 25 heavy (non-hydrogen) atoms. The van der Waals surface area contributed by atoms with Crippen molar-refractivity contribution in [3.8, 4) is 5.69 Å². The van der Waals surface area contributed by atoms with Gasteiger partial charge < -0.3 is 4.90 Å². The Morgan fingerprint density at radius 2 is 1.92 bits per heavy atom. The van der Waals surface area contributed by atoms with Gasteiger partial charge in [0, 0.05) is 37.1 Å². The minimum absolute atomic E-state index is 0.0747. The van der Waals surface area contributed by atoms with Crippen molar-refractivity contribution in [2.45, 2.75) is 26.2 Å². The van der Waals surface area contributed by atoms with Crippen LogP contribution in [0.1, 0.15) is 35.2 Å². The molecule has 1 aliphatic heterocycles. The fourth-order valence-corrected chi connectivity index (χ4v) is 3.56. The van der Waals surface area contributed by atoms with Gasteiger partial charge >= 0.3 is 0 Å². The minimum atomic E-state index is 0.0747. The lowest BCUT2D eigenvalue weighted by Gasteiger charge is -2.26. The zero-order valence-electron chi connectivity index (χ0n) is 14.1. The number of aryl methyl sites for hydroxylation is 1. The number of pyridine rings is 2. The molecule has 4 heterocycles. The van der Waals surface area contributed by atoms with Gasteiger partial charge in [-0.2, -0.15) is 0 Å². The van der Waals surface area contributed by atoms with Gasteiger partial charge in [0.05, 0.1) is 22.5 Å². The van der Waals surface area contributed by atoms with Crippen LogP contribution in [0.15, 0.2) is 36.9 Å².